The molecule has 3 amide bonds. The number of hydrogen-bond donors (Lipinski definition) is 2. The Bertz CT molecular complexity index is 841. The number of ether oxygens (including phenoxy) is 1. The number of hydrogen-bond acceptors (Lipinski definition) is 3. The van der Waals surface area contributed by atoms with Gasteiger partial charge in [0.25, 0.3) is 0 Å². The Hall–Kier alpha value is -2.73. The quantitative estimate of drug-likeness (QED) is 0.860. The van der Waals surface area contributed by atoms with Crippen molar-refractivity contribution < 1.29 is 14.3 Å². The van der Waals surface area contributed by atoms with E-state index < -0.39 is 0 Å². The van der Waals surface area contributed by atoms with Gasteiger partial charge in [0.15, 0.2) is 0 Å². The number of urea groups is 1. The van der Waals surface area contributed by atoms with Crippen LogP contribution in [0, 0.1) is 6.92 Å². The van der Waals surface area contributed by atoms with Crippen molar-refractivity contribution in [3.05, 3.63) is 53.1 Å². The summed E-state index contributed by atoms with van der Waals surface area (Å²) < 4.78 is 5.20. The Morgan fingerprint density at radius 3 is 2.81 bits per heavy atom. The second kappa shape index (κ2) is 7.66. The molecule has 2 aromatic carbocycles. The lowest BCUT2D eigenvalue weighted by Crippen LogP contribution is -2.39. The van der Waals surface area contributed by atoms with Crippen molar-refractivity contribution in [2.45, 2.75) is 19.4 Å². The lowest BCUT2D eigenvalue weighted by atomic mass is 10.2. The Labute approximate surface area is 157 Å². The number of anilines is 2. The lowest BCUT2D eigenvalue weighted by Gasteiger charge is -2.18. The molecule has 0 radical (unpaired) electrons. The molecule has 7 heteroatoms. The van der Waals surface area contributed by atoms with Crippen molar-refractivity contribution in [3.63, 3.8) is 0 Å². The number of nitrogens with one attached hydrogen (secondary N) is 2. The van der Waals surface area contributed by atoms with E-state index >= 15 is 0 Å². The van der Waals surface area contributed by atoms with E-state index in [1.54, 1.807) is 36.3 Å². The van der Waals surface area contributed by atoms with E-state index in [1.165, 1.54) is 0 Å². The van der Waals surface area contributed by atoms with Crippen LogP contribution in [0.1, 0.15) is 12.0 Å². The van der Waals surface area contributed by atoms with E-state index in [0.29, 0.717) is 23.0 Å². The average molecular weight is 374 g/mol. The van der Waals surface area contributed by atoms with Gasteiger partial charge in [-0.3, -0.25) is 4.79 Å². The fourth-order valence-electron chi connectivity index (χ4n) is 2.92. The number of methoxy groups -OCH3 is 1. The van der Waals surface area contributed by atoms with Crippen molar-refractivity contribution in [3.8, 4) is 5.75 Å². The molecule has 2 N–H and O–H groups in total. The molecular weight excluding hydrogens is 354 g/mol. The maximum Gasteiger partial charge on any atom is 0.319 e. The summed E-state index contributed by atoms with van der Waals surface area (Å²) in [7, 11) is 1.58. The molecule has 0 aliphatic carbocycles. The molecule has 1 atom stereocenters. The zero-order chi connectivity index (χ0) is 18.7. The fraction of sp³-hybridized carbons (Fsp3) is 0.263. The lowest BCUT2D eigenvalue weighted by molar-refractivity contribution is -0.117. The van der Waals surface area contributed by atoms with Gasteiger partial charge < -0.3 is 20.3 Å². The van der Waals surface area contributed by atoms with Crippen LogP contribution in [0.4, 0.5) is 16.2 Å². The number of amides is 3. The van der Waals surface area contributed by atoms with Gasteiger partial charge in [0.2, 0.25) is 5.91 Å². The first-order valence-electron chi connectivity index (χ1n) is 8.25. The van der Waals surface area contributed by atoms with Gasteiger partial charge in [-0.1, -0.05) is 23.7 Å². The number of carbonyl (C=O) groups excluding carboxylic acids is 2. The van der Waals surface area contributed by atoms with Crippen molar-refractivity contribution in [2.24, 2.45) is 0 Å². The smallest absolute Gasteiger partial charge is 0.319 e. The molecule has 6 nitrogen and oxygen atoms in total. The topological polar surface area (TPSA) is 70.7 Å². The summed E-state index contributed by atoms with van der Waals surface area (Å²) in [6.45, 7) is 2.25. The first kappa shape index (κ1) is 18.1. The van der Waals surface area contributed by atoms with E-state index in [0.717, 1.165) is 11.3 Å². The van der Waals surface area contributed by atoms with Gasteiger partial charge >= 0.3 is 6.03 Å². The number of nitrogens with zero attached hydrogens (tertiary/aromatic N) is 1. The summed E-state index contributed by atoms with van der Waals surface area (Å²) >= 11 is 6.07. The standard InChI is InChI=1S/C19H20ClN3O3/c1-12-16(20)7-4-8-17(12)22-19(25)21-13-9-18(24)23(11-13)14-5-3-6-15(10-14)26-2/h3-8,10,13H,9,11H2,1-2H3,(H2,21,22,25)/t13-/m1/s1. The molecule has 1 aliphatic heterocycles. The molecule has 1 aliphatic rings. The molecule has 0 bridgehead atoms. The second-order valence-corrected chi connectivity index (χ2v) is 6.52. The summed E-state index contributed by atoms with van der Waals surface area (Å²) in [6, 6.07) is 12.0. The average Bonchev–Trinajstić information content (AvgIpc) is 2.99. The molecule has 1 saturated heterocycles. The first-order chi connectivity index (χ1) is 12.5. The van der Waals surface area contributed by atoms with E-state index in [2.05, 4.69) is 10.6 Å². The van der Waals surface area contributed by atoms with Gasteiger partial charge in [0.05, 0.1) is 13.2 Å². The van der Waals surface area contributed by atoms with Gasteiger partial charge in [-0.15, -0.1) is 0 Å². The molecule has 3 rings (SSSR count). The summed E-state index contributed by atoms with van der Waals surface area (Å²) in [5, 5.41) is 6.21. The number of benzene rings is 2. The highest BCUT2D eigenvalue weighted by molar-refractivity contribution is 6.31. The minimum atomic E-state index is -0.361. The molecule has 136 valence electrons. The first-order valence-corrected chi connectivity index (χ1v) is 8.63. The minimum Gasteiger partial charge on any atom is -0.497 e. The molecule has 0 unspecified atom stereocenters. The van der Waals surface area contributed by atoms with Crippen LogP contribution in [0.25, 0.3) is 0 Å². The van der Waals surface area contributed by atoms with Crippen LogP contribution >= 0.6 is 11.6 Å². The molecule has 1 fully saturated rings. The van der Waals surface area contributed by atoms with Crippen molar-refractivity contribution in [2.75, 3.05) is 23.9 Å². The second-order valence-electron chi connectivity index (χ2n) is 6.12. The van der Waals surface area contributed by atoms with Crippen LogP contribution in [-0.2, 0) is 4.79 Å². The normalized spacial score (nSPS) is 16.5. The van der Waals surface area contributed by atoms with Crippen molar-refractivity contribution in [1.82, 2.24) is 5.32 Å². The zero-order valence-corrected chi connectivity index (χ0v) is 15.3. The van der Waals surface area contributed by atoms with Gasteiger partial charge in [-0.25, -0.2) is 4.79 Å². The maximum atomic E-state index is 12.3. The predicted molar refractivity (Wildman–Crippen MR) is 102 cm³/mol. The fourth-order valence-corrected chi connectivity index (χ4v) is 3.09. The third kappa shape index (κ3) is 3.91. The summed E-state index contributed by atoms with van der Waals surface area (Å²) in [5.41, 5.74) is 2.19. The maximum absolute atomic E-state index is 12.3. The van der Waals surface area contributed by atoms with Crippen LogP contribution in [0.5, 0.6) is 5.75 Å². The zero-order valence-electron chi connectivity index (χ0n) is 14.6. The van der Waals surface area contributed by atoms with Crippen LogP contribution < -0.4 is 20.3 Å². The molecule has 1 heterocycles. The largest absolute Gasteiger partial charge is 0.497 e. The Balaban J connectivity index is 1.63. The van der Waals surface area contributed by atoms with Crippen molar-refractivity contribution in [1.29, 1.82) is 0 Å². The molecule has 0 spiro atoms. The third-order valence-electron chi connectivity index (χ3n) is 4.34. The Morgan fingerprint density at radius 1 is 1.27 bits per heavy atom. The Morgan fingerprint density at radius 2 is 2.04 bits per heavy atom. The number of rotatable bonds is 4. The van der Waals surface area contributed by atoms with Gasteiger partial charge in [0.1, 0.15) is 5.75 Å². The van der Waals surface area contributed by atoms with Gasteiger partial charge in [-0.2, -0.15) is 0 Å². The van der Waals surface area contributed by atoms with E-state index in [1.807, 2.05) is 25.1 Å². The van der Waals surface area contributed by atoms with Crippen molar-refractivity contribution >= 4 is 34.9 Å². The highest BCUT2D eigenvalue weighted by Crippen LogP contribution is 2.26. The molecule has 0 saturated carbocycles. The third-order valence-corrected chi connectivity index (χ3v) is 4.75. The van der Waals surface area contributed by atoms with Crippen LogP contribution in [-0.4, -0.2) is 31.6 Å². The van der Waals surface area contributed by atoms with Gasteiger partial charge in [-0.05, 0) is 36.8 Å². The molecule has 2 aromatic rings. The SMILES string of the molecule is COc1cccc(N2C[C@H](NC(=O)Nc3cccc(Cl)c3C)CC2=O)c1. The summed E-state index contributed by atoms with van der Waals surface area (Å²) in [4.78, 5) is 26.2. The van der Waals surface area contributed by atoms with Crippen LogP contribution in [0.15, 0.2) is 42.5 Å². The molecule has 0 aromatic heterocycles. The highest BCUT2D eigenvalue weighted by atomic mass is 35.5. The van der Waals surface area contributed by atoms with E-state index in [-0.39, 0.29) is 24.4 Å². The predicted octanol–water partition coefficient (Wildman–Crippen LogP) is 3.58. The number of carbonyl (C=O) groups is 2. The Kier molecular flexibility index (Phi) is 5.32. The van der Waals surface area contributed by atoms with E-state index in [9.17, 15) is 9.59 Å². The molecular formula is C19H20ClN3O3. The number of halogens is 1. The molecule has 26 heavy (non-hydrogen) atoms. The van der Waals surface area contributed by atoms with E-state index in [4.69, 9.17) is 16.3 Å². The highest BCUT2D eigenvalue weighted by Gasteiger charge is 2.31. The summed E-state index contributed by atoms with van der Waals surface area (Å²) in [5.74, 6) is 0.642. The van der Waals surface area contributed by atoms with Crippen LogP contribution in [0.3, 0.4) is 0 Å². The van der Waals surface area contributed by atoms with Gasteiger partial charge in [0, 0.05) is 35.4 Å². The minimum absolute atomic E-state index is 0.0394. The monoisotopic (exact) mass is 373 g/mol. The van der Waals surface area contributed by atoms with Crippen LogP contribution in [0.2, 0.25) is 5.02 Å². The summed E-state index contributed by atoms with van der Waals surface area (Å²) in [6.07, 6.45) is 0.249.